The fourth-order valence-corrected chi connectivity index (χ4v) is 2.47. The van der Waals surface area contributed by atoms with Crippen LogP contribution in [0.3, 0.4) is 0 Å². The van der Waals surface area contributed by atoms with Crippen LogP contribution in [0.2, 0.25) is 0 Å². The number of aliphatic hydroxyl groups is 1. The van der Waals surface area contributed by atoms with Crippen LogP contribution in [0.15, 0.2) is 18.2 Å². The van der Waals surface area contributed by atoms with Crippen LogP contribution in [-0.4, -0.2) is 30.5 Å². The minimum Gasteiger partial charge on any atom is -0.487 e. The number of rotatable bonds is 6. The smallest absolute Gasteiger partial charge is 0.129 e. The van der Waals surface area contributed by atoms with Crippen LogP contribution in [0, 0.1) is 0 Å². The lowest BCUT2D eigenvalue weighted by molar-refractivity contribution is 0.0448. The molecule has 1 heterocycles. The molecular formula is C15H23NO3. The van der Waals surface area contributed by atoms with Crippen molar-refractivity contribution >= 4 is 0 Å². The molecule has 1 aromatic carbocycles. The van der Waals surface area contributed by atoms with E-state index in [1.807, 2.05) is 12.1 Å². The molecule has 0 saturated heterocycles. The van der Waals surface area contributed by atoms with E-state index in [0.29, 0.717) is 19.6 Å². The van der Waals surface area contributed by atoms with E-state index in [-0.39, 0.29) is 18.3 Å². The van der Waals surface area contributed by atoms with Gasteiger partial charge in [0.15, 0.2) is 0 Å². The molecule has 0 radical (unpaired) electrons. The monoisotopic (exact) mass is 265 g/mol. The fourth-order valence-electron chi connectivity index (χ4n) is 2.47. The predicted molar refractivity (Wildman–Crippen MR) is 74.3 cm³/mol. The molecule has 4 heteroatoms. The first-order valence-corrected chi connectivity index (χ1v) is 6.81. The Balaban J connectivity index is 2.18. The highest BCUT2D eigenvalue weighted by Crippen LogP contribution is 2.40. The van der Waals surface area contributed by atoms with E-state index >= 15 is 0 Å². The van der Waals surface area contributed by atoms with Gasteiger partial charge in [-0.3, -0.25) is 0 Å². The SMILES string of the molecule is CC1(C)Cc2cccc(C(CN)OCCCO)c2O1. The van der Waals surface area contributed by atoms with Gasteiger partial charge in [-0.15, -0.1) is 0 Å². The van der Waals surface area contributed by atoms with Crippen molar-refractivity contribution in [1.29, 1.82) is 0 Å². The summed E-state index contributed by atoms with van der Waals surface area (Å²) < 4.78 is 11.8. The Hall–Kier alpha value is -1.10. The van der Waals surface area contributed by atoms with E-state index in [0.717, 1.165) is 17.7 Å². The molecule has 4 nitrogen and oxygen atoms in total. The van der Waals surface area contributed by atoms with E-state index < -0.39 is 0 Å². The normalized spacial score (nSPS) is 17.9. The van der Waals surface area contributed by atoms with Crippen molar-refractivity contribution in [1.82, 2.24) is 0 Å². The van der Waals surface area contributed by atoms with Crippen molar-refractivity contribution < 1.29 is 14.6 Å². The molecule has 2 rings (SSSR count). The molecule has 1 aromatic rings. The van der Waals surface area contributed by atoms with E-state index in [9.17, 15) is 0 Å². The number of aliphatic hydroxyl groups excluding tert-OH is 1. The standard InChI is InChI=1S/C15H23NO3/c1-15(2)9-11-5-3-6-12(14(11)19-15)13(10-16)18-8-4-7-17/h3,5-6,13,17H,4,7-10,16H2,1-2H3. The Morgan fingerprint density at radius 1 is 1.47 bits per heavy atom. The summed E-state index contributed by atoms with van der Waals surface area (Å²) in [7, 11) is 0. The summed E-state index contributed by atoms with van der Waals surface area (Å²) in [5, 5.41) is 8.81. The van der Waals surface area contributed by atoms with Gasteiger partial charge in [-0.1, -0.05) is 18.2 Å². The second kappa shape index (κ2) is 5.90. The van der Waals surface area contributed by atoms with Gasteiger partial charge in [-0.2, -0.15) is 0 Å². The Morgan fingerprint density at radius 3 is 2.95 bits per heavy atom. The average molecular weight is 265 g/mol. The number of nitrogens with two attached hydrogens (primary N) is 1. The van der Waals surface area contributed by atoms with Crippen LogP contribution in [0.4, 0.5) is 0 Å². The first-order chi connectivity index (χ1) is 9.07. The molecular weight excluding hydrogens is 242 g/mol. The summed E-state index contributed by atoms with van der Waals surface area (Å²) in [5.74, 6) is 0.923. The summed E-state index contributed by atoms with van der Waals surface area (Å²) in [6, 6.07) is 6.13. The van der Waals surface area contributed by atoms with Crippen molar-refractivity contribution in [2.45, 2.75) is 38.4 Å². The van der Waals surface area contributed by atoms with Gasteiger partial charge in [-0.05, 0) is 25.8 Å². The predicted octanol–water partition coefficient (Wildman–Crippen LogP) is 1.80. The molecule has 0 spiro atoms. The topological polar surface area (TPSA) is 64.7 Å². The molecule has 0 aromatic heterocycles. The van der Waals surface area contributed by atoms with Gasteiger partial charge < -0.3 is 20.3 Å². The lowest BCUT2D eigenvalue weighted by Crippen LogP contribution is -2.25. The van der Waals surface area contributed by atoms with Crippen molar-refractivity contribution in [2.75, 3.05) is 19.8 Å². The third-order valence-electron chi connectivity index (χ3n) is 3.30. The number of para-hydroxylation sites is 1. The largest absolute Gasteiger partial charge is 0.487 e. The molecule has 1 unspecified atom stereocenters. The molecule has 106 valence electrons. The molecule has 0 aliphatic carbocycles. The van der Waals surface area contributed by atoms with E-state index in [4.69, 9.17) is 20.3 Å². The molecule has 1 atom stereocenters. The Kier molecular flexibility index (Phi) is 4.45. The molecule has 1 aliphatic heterocycles. The maximum absolute atomic E-state index is 8.81. The first-order valence-electron chi connectivity index (χ1n) is 6.81. The number of fused-ring (bicyclic) bond motifs is 1. The summed E-state index contributed by atoms with van der Waals surface area (Å²) in [5.41, 5.74) is 7.87. The fraction of sp³-hybridized carbons (Fsp3) is 0.600. The van der Waals surface area contributed by atoms with Gasteiger partial charge in [0.1, 0.15) is 11.4 Å². The maximum Gasteiger partial charge on any atom is 0.129 e. The second-order valence-electron chi connectivity index (χ2n) is 5.55. The second-order valence-corrected chi connectivity index (χ2v) is 5.55. The Morgan fingerprint density at radius 2 is 2.26 bits per heavy atom. The lowest BCUT2D eigenvalue weighted by atomic mass is 9.99. The molecule has 19 heavy (non-hydrogen) atoms. The van der Waals surface area contributed by atoms with Crippen LogP contribution >= 0.6 is 0 Å². The van der Waals surface area contributed by atoms with E-state index in [1.54, 1.807) is 0 Å². The number of benzene rings is 1. The summed E-state index contributed by atoms with van der Waals surface area (Å²) >= 11 is 0. The summed E-state index contributed by atoms with van der Waals surface area (Å²) in [6.45, 7) is 5.21. The zero-order valence-electron chi connectivity index (χ0n) is 11.7. The van der Waals surface area contributed by atoms with Crippen molar-refractivity contribution in [3.63, 3.8) is 0 Å². The lowest BCUT2D eigenvalue weighted by Gasteiger charge is -2.21. The third kappa shape index (κ3) is 3.26. The Bertz CT molecular complexity index is 431. The molecule has 0 saturated carbocycles. The minimum atomic E-state index is -0.171. The van der Waals surface area contributed by atoms with Crippen LogP contribution < -0.4 is 10.5 Å². The van der Waals surface area contributed by atoms with Gasteiger partial charge in [0, 0.05) is 31.7 Å². The molecule has 3 N–H and O–H groups in total. The average Bonchev–Trinajstić information content (AvgIpc) is 2.69. The zero-order valence-corrected chi connectivity index (χ0v) is 11.7. The van der Waals surface area contributed by atoms with Crippen molar-refractivity contribution in [3.05, 3.63) is 29.3 Å². The number of hydrogen-bond donors (Lipinski definition) is 2. The zero-order chi connectivity index (χ0) is 13.9. The van der Waals surface area contributed by atoms with Crippen LogP contribution in [0.5, 0.6) is 5.75 Å². The van der Waals surface area contributed by atoms with Gasteiger partial charge in [-0.25, -0.2) is 0 Å². The van der Waals surface area contributed by atoms with Crippen LogP contribution in [0.1, 0.15) is 37.5 Å². The molecule has 0 fully saturated rings. The molecule has 0 amide bonds. The van der Waals surface area contributed by atoms with Gasteiger partial charge in [0.25, 0.3) is 0 Å². The highest BCUT2D eigenvalue weighted by atomic mass is 16.5. The quantitative estimate of drug-likeness (QED) is 0.770. The van der Waals surface area contributed by atoms with Crippen molar-refractivity contribution in [3.8, 4) is 5.75 Å². The first kappa shape index (κ1) is 14.3. The minimum absolute atomic E-state index is 0.133. The molecule has 1 aliphatic rings. The van der Waals surface area contributed by atoms with Crippen molar-refractivity contribution in [2.24, 2.45) is 5.73 Å². The van der Waals surface area contributed by atoms with Gasteiger partial charge in [0.05, 0.1) is 6.10 Å². The number of hydrogen-bond acceptors (Lipinski definition) is 4. The Labute approximate surface area is 114 Å². The highest BCUT2D eigenvalue weighted by Gasteiger charge is 2.33. The van der Waals surface area contributed by atoms with E-state index in [1.165, 1.54) is 5.56 Å². The summed E-state index contributed by atoms with van der Waals surface area (Å²) in [4.78, 5) is 0. The van der Waals surface area contributed by atoms with E-state index in [2.05, 4.69) is 19.9 Å². The number of ether oxygens (including phenoxy) is 2. The molecule has 0 bridgehead atoms. The maximum atomic E-state index is 8.81. The van der Waals surface area contributed by atoms with Crippen LogP contribution in [-0.2, 0) is 11.2 Å². The third-order valence-corrected chi connectivity index (χ3v) is 3.30. The van der Waals surface area contributed by atoms with Gasteiger partial charge >= 0.3 is 0 Å². The van der Waals surface area contributed by atoms with Gasteiger partial charge in [0.2, 0.25) is 0 Å². The summed E-state index contributed by atoms with van der Waals surface area (Å²) in [6.07, 6.45) is 1.36. The highest BCUT2D eigenvalue weighted by molar-refractivity contribution is 5.47. The van der Waals surface area contributed by atoms with Crippen LogP contribution in [0.25, 0.3) is 0 Å².